The van der Waals surface area contributed by atoms with Gasteiger partial charge in [0, 0.05) is 47.1 Å². The highest BCUT2D eigenvalue weighted by molar-refractivity contribution is 5.79. The summed E-state index contributed by atoms with van der Waals surface area (Å²) in [5.74, 6) is 0.564. The van der Waals surface area contributed by atoms with Crippen LogP contribution in [0.5, 0.6) is 0 Å². The highest BCUT2D eigenvalue weighted by Gasteiger charge is 2.22. The number of nitrogens with zero attached hydrogens (tertiary/aromatic N) is 5. The summed E-state index contributed by atoms with van der Waals surface area (Å²) in [6.07, 6.45) is 6.06. The molecule has 3 aromatic heterocycles. The van der Waals surface area contributed by atoms with Gasteiger partial charge in [-0.15, -0.1) is 0 Å². The SMILES string of the molecule is C=C(Nc1cnc(C)c(-c2cnc(N[C@H]3CCOC3)c(C#N)c2)c1)c1ccnc(C(C)(C)C#N)c1. The third kappa shape index (κ3) is 5.29. The van der Waals surface area contributed by atoms with Crippen LogP contribution in [0.25, 0.3) is 16.8 Å². The van der Waals surface area contributed by atoms with Gasteiger partial charge in [0.25, 0.3) is 0 Å². The number of anilines is 2. The van der Waals surface area contributed by atoms with Crippen LogP contribution in [0.3, 0.4) is 0 Å². The van der Waals surface area contributed by atoms with Gasteiger partial charge in [-0.1, -0.05) is 6.58 Å². The molecule has 0 bridgehead atoms. The van der Waals surface area contributed by atoms with E-state index in [4.69, 9.17) is 4.74 Å². The van der Waals surface area contributed by atoms with Crippen molar-refractivity contribution < 1.29 is 4.74 Å². The number of rotatable bonds is 7. The first-order chi connectivity index (χ1) is 16.8. The van der Waals surface area contributed by atoms with Gasteiger partial charge in [0.2, 0.25) is 0 Å². The zero-order chi connectivity index (χ0) is 25.0. The number of aromatic nitrogens is 3. The van der Waals surface area contributed by atoms with Crippen molar-refractivity contribution in [2.75, 3.05) is 23.8 Å². The van der Waals surface area contributed by atoms with Crippen molar-refractivity contribution >= 4 is 17.2 Å². The molecular formula is C27H27N7O. The van der Waals surface area contributed by atoms with Crippen LogP contribution in [0.4, 0.5) is 11.5 Å². The van der Waals surface area contributed by atoms with Gasteiger partial charge in [-0.3, -0.25) is 9.97 Å². The second-order valence-electron chi connectivity index (χ2n) is 9.06. The average molecular weight is 466 g/mol. The Morgan fingerprint density at radius 2 is 2.00 bits per heavy atom. The summed E-state index contributed by atoms with van der Waals surface area (Å²) in [6, 6.07) is 12.2. The first kappa shape index (κ1) is 23.9. The maximum atomic E-state index is 9.70. The molecule has 0 amide bonds. The molecule has 4 heterocycles. The number of aryl methyl sites for hydroxylation is 1. The Morgan fingerprint density at radius 1 is 1.17 bits per heavy atom. The van der Waals surface area contributed by atoms with Crippen LogP contribution in [0.2, 0.25) is 0 Å². The number of nitriles is 2. The van der Waals surface area contributed by atoms with Gasteiger partial charge in [-0.25, -0.2) is 4.98 Å². The normalized spacial score (nSPS) is 15.2. The van der Waals surface area contributed by atoms with E-state index < -0.39 is 5.41 Å². The standard InChI is InChI=1S/C27H27N7O/c1-17(19-5-7-30-25(10-19)27(3,4)16-29)33-23-11-24(18(2)31-14-23)21-9-20(12-28)26(32-13-21)34-22-6-8-35-15-22/h5,7,9-11,13-14,22,33H,1,6,8,15H2,2-4H3,(H,32,34)/t22-/m0/s1. The largest absolute Gasteiger partial charge is 0.379 e. The number of ether oxygens (including phenoxy) is 1. The first-order valence-electron chi connectivity index (χ1n) is 11.4. The molecule has 2 N–H and O–H groups in total. The van der Waals surface area contributed by atoms with Crippen LogP contribution in [-0.4, -0.2) is 34.2 Å². The lowest BCUT2D eigenvalue weighted by Gasteiger charge is -2.17. The van der Waals surface area contributed by atoms with Crippen LogP contribution in [-0.2, 0) is 10.2 Å². The maximum Gasteiger partial charge on any atom is 0.144 e. The molecule has 4 rings (SSSR count). The van der Waals surface area contributed by atoms with Crippen LogP contribution >= 0.6 is 0 Å². The number of nitrogens with one attached hydrogen (secondary N) is 2. The van der Waals surface area contributed by atoms with Gasteiger partial charge in [0.15, 0.2) is 0 Å². The third-order valence-corrected chi connectivity index (χ3v) is 6.00. The lowest BCUT2D eigenvalue weighted by Crippen LogP contribution is -2.20. The molecule has 0 unspecified atom stereocenters. The second kappa shape index (κ2) is 9.92. The molecule has 0 radical (unpaired) electrons. The van der Waals surface area contributed by atoms with Gasteiger partial charge in [-0.05, 0) is 51.5 Å². The van der Waals surface area contributed by atoms with Crippen LogP contribution in [0.1, 0.15) is 42.8 Å². The molecule has 35 heavy (non-hydrogen) atoms. The zero-order valence-corrected chi connectivity index (χ0v) is 20.1. The molecule has 0 aliphatic carbocycles. The zero-order valence-electron chi connectivity index (χ0n) is 20.1. The topological polar surface area (TPSA) is 120 Å². The highest BCUT2D eigenvalue weighted by atomic mass is 16.5. The Bertz CT molecular complexity index is 1340. The van der Waals surface area contributed by atoms with E-state index in [9.17, 15) is 10.5 Å². The Kier molecular flexibility index (Phi) is 6.77. The predicted molar refractivity (Wildman–Crippen MR) is 135 cm³/mol. The minimum atomic E-state index is -0.702. The number of pyridine rings is 3. The van der Waals surface area contributed by atoms with Gasteiger partial charge in [0.05, 0.1) is 47.3 Å². The fourth-order valence-electron chi connectivity index (χ4n) is 3.81. The lowest BCUT2D eigenvalue weighted by atomic mass is 9.90. The third-order valence-electron chi connectivity index (χ3n) is 6.00. The van der Waals surface area contributed by atoms with Crippen molar-refractivity contribution in [2.45, 2.75) is 38.6 Å². The smallest absolute Gasteiger partial charge is 0.144 e. The summed E-state index contributed by atoms with van der Waals surface area (Å²) < 4.78 is 5.40. The van der Waals surface area contributed by atoms with E-state index in [1.54, 1.807) is 18.6 Å². The number of hydrogen-bond acceptors (Lipinski definition) is 8. The quantitative estimate of drug-likeness (QED) is 0.510. The molecule has 1 saturated heterocycles. The minimum Gasteiger partial charge on any atom is -0.379 e. The molecule has 3 aromatic rings. The molecule has 0 spiro atoms. The first-order valence-corrected chi connectivity index (χ1v) is 11.4. The van der Waals surface area contributed by atoms with E-state index >= 15 is 0 Å². The second-order valence-corrected chi connectivity index (χ2v) is 9.06. The Labute approximate surface area is 205 Å². The predicted octanol–water partition coefficient (Wildman–Crippen LogP) is 4.80. The Hall–Kier alpha value is -4.27. The van der Waals surface area contributed by atoms with E-state index in [0.717, 1.165) is 34.5 Å². The molecule has 8 heteroatoms. The number of hydrogen-bond donors (Lipinski definition) is 2. The monoisotopic (exact) mass is 465 g/mol. The molecule has 0 saturated carbocycles. The van der Waals surface area contributed by atoms with Crippen LogP contribution in [0, 0.1) is 29.6 Å². The van der Waals surface area contributed by atoms with E-state index in [1.165, 1.54) is 0 Å². The van der Waals surface area contributed by atoms with E-state index in [2.05, 4.69) is 44.3 Å². The summed E-state index contributed by atoms with van der Waals surface area (Å²) >= 11 is 0. The fraction of sp³-hybridized carbons (Fsp3) is 0.296. The molecule has 0 aromatic carbocycles. The van der Waals surface area contributed by atoms with Crippen LogP contribution < -0.4 is 10.6 Å². The van der Waals surface area contributed by atoms with Crippen molar-refractivity contribution in [3.05, 3.63) is 71.9 Å². The summed E-state index contributed by atoms with van der Waals surface area (Å²) in [5, 5.41) is 25.7. The van der Waals surface area contributed by atoms with Crippen LogP contribution in [0.15, 0.2) is 49.4 Å². The summed E-state index contributed by atoms with van der Waals surface area (Å²) in [6.45, 7) is 11.1. The molecular weight excluding hydrogens is 438 g/mol. The molecule has 1 aliphatic rings. The van der Waals surface area contributed by atoms with E-state index in [-0.39, 0.29) is 6.04 Å². The minimum absolute atomic E-state index is 0.162. The summed E-state index contributed by atoms with van der Waals surface area (Å²) in [4.78, 5) is 13.4. The molecule has 1 atom stereocenters. The van der Waals surface area contributed by atoms with Gasteiger partial charge in [-0.2, -0.15) is 10.5 Å². The Balaban J connectivity index is 1.58. The van der Waals surface area contributed by atoms with E-state index in [0.29, 0.717) is 36.0 Å². The van der Waals surface area contributed by atoms with Gasteiger partial charge >= 0.3 is 0 Å². The molecule has 8 nitrogen and oxygen atoms in total. The van der Waals surface area contributed by atoms with Crippen molar-refractivity contribution in [1.82, 2.24) is 15.0 Å². The summed E-state index contributed by atoms with van der Waals surface area (Å²) in [7, 11) is 0. The van der Waals surface area contributed by atoms with Crippen molar-refractivity contribution in [3.8, 4) is 23.3 Å². The lowest BCUT2D eigenvalue weighted by molar-refractivity contribution is 0.195. The fourth-order valence-corrected chi connectivity index (χ4v) is 3.81. The molecule has 176 valence electrons. The average Bonchev–Trinajstić information content (AvgIpc) is 3.38. The molecule has 1 aliphatic heterocycles. The van der Waals surface area contributed by atoms with Crippen molar-refractivity contribution in [2.24, 2.45) is 0 Å². The molecule has 1 fully saturated rings. The Morgan fingerprint density at radius 3 is 2.71 bits per heavy atom. The van der Waals surface area contributed by atoms with Gasteiger partial charge < -0.3 is 15.4 Å². The van der Waals surface area contributed by atoms with Crippen molar-refractivity contribution in [3.63, 3.8) is 0 Å². The van der Waals surface area contributed by atoms with Gasteiger partial charge in [0.1, 0.15) is 11.9 Å². The summed E-state index contributed by atoms with van der Waals surface area (Å²) in [5.41, 5.74) is 5.17. The van der Waals surface area contributed by atoms with E-state index in [1.807, 2.05) is 45.0 Å². The maximum absolute atomic E-state index is 9.70. The van der Waals surface area contributed by atoms with Crippen molar-refractivity contribution in [1.29, 1.82) is 10.5 Å². The highest BCUT2D eigenvalue weighted by Crippen LogP contribution is 2.29.